The van der Waals surface area contributed by atoms with Gasteiger partial charge in [-0.3, -0.25) is 0 Å². The molecule has 262 valence electrons. The summed E-state index contributed by atoms with van der Waals surface area (Å²) in [7, 11) is 0. The van der Waals surface area contributed by atoms with E-state index in [0.29, 0.717) is 24.8 Å². The van der Waals surface area contributed by atoms with Crippen LogP contribution in [-0.2, 0) is 19.0 Å². The predicted octanol–water partition coefficient (Wildman–Crippen LogP) is 6.83. The largest absolute Gasteiger partial charge is 0.455 e. The van der Waals surface area contributed by atoms with Gasteiger partial charge in [-0.2, -0.15) is 0 Å². The van der Waals surface area contributed by atoms with Gasteiger partial charge in [0.1, 0.15) is 6.10 Å². The van der Waals surface area contributed by atoms with Crippen molar-refractivity contribution < 1.29 is 39.4 Å². The Labute approximate surface area is 273 Å². The molecule has 0 amide bonds. The van der Waals surface area contributed by atoms with Crippen LogP contribution in [0.1, 0.15) is 162 Å². The van der Waals surface area contributed by atoms with Gasteiger partial charge in [0.25, 0.3) is 0 Å². The van der Waals surface area contributed by atoms with Gasteiger partial charge in [-0.05, 0) is 70.8 Å². The smallest absolute Gasteiger partial charge is 0.334 e. The molecule has 0 aromatic rings. The summed E-state index contributed by atoms with van der Waals surface area (Å²) in [4.78, 5) is 11.7. The second-order valence-electron chi connectivity index (χ2n) is 14.2. The van der Waals surface area contributed by atoms with Gasteiger partial charge in [0, 0.05) is 5.57 Å². The highest BCUT2D eigenvalue weighted by Crippen LogP contribution is 2.34. The monoisotopic (exact) mass is 638 g/mol. The molecular weight excluding hydrogens is 572 g/mol. The number of hydrogen-bond donors (Lipinski definition) is 4. The molecule has 3 aliphatic rings. The Morgan fingerprint density at radius 3 is 1.56 bits per heavy atom. The number of esters is 1. The molecule has 0 radical (unpaired) electrons. The van der Waals surface area contributed by atoms with Gasteiger partial charge in [-0.15, -0.1) is 0 Å². The normalized spacial score (nSPS) is 27.8. The Balaban J connectivity index is 1.15. The summed E-state index contributed by atoms with van der Waals surface area (Å²) in [5.41, 5.74) is 0.592. The van der Waals surface area contributed by atoms with Crippen LogP contribution in [0.3, 0.4) is 0 Å². The molecular formula is C37H66O8. The van der Waals surface area contributed by atoms with Crippen molar-refractivity contribution in [3.05, 3.63) is 11.6 Å². The van der Waals surface area contributed by atoms with E-state index in [4.69, 9.17) is 14.2 Å². The number of rotatable bonds is 25. The molecule has 9 atom stereocenters. The number of carbonyl (C=O) groups is 1. The standard InChI is InChI=1S/C37H66O8/c1-3-4-5-6-7-8-12-15-18-31(40)33-22-24-35(44-33)36-25-23-34(45-36)32(41)19-16-13-10-9-11-14-17-29(38)30(39)21-20-28-26-27(2)43-37(28)42/h26-27,29-36,38-41H,3-25H2,1-2H3/t27?,29?,30?,31-,32+,33+,34+,35+,36+/m1/s1. The first-order valence-corrected chi connectivity index (χ1v) is 18.7. The maximum absolute atomic E-state index is 11.7. The molecule has 2 saturated heterocycles. The Hall–Kier alpha value is -1.03. The average molecular weight is 639 g/mol. The molecule has 3 aliphatic heterocycles. The van der Waals surface area contributed by atoms with Crippen molar-refractivity contribution >= 4 is 5.97 Å². The molecule has 2 fully saturated rings. The van der Waals surface area contributed by atoms with Gasteiger partial charge in [0.2, 0.25) is 0 Å². The SMILES string of the molecule is CCCCCCCCCC[C@@H](O)[C@@H]1CC[C@@H]([C@@H]2CC[C@@H]([C@@H](O)CCCCCCCCC(O)C(O)CCC3=CC(C)OC3=O)O2)O1. The van der Waals surface area contributed by atoms with E-state index < -0.39 is 18.3 Å². The molecule has 0 aliphatic carbocycles. The predicted molar refractivity (Wildman–Crippen MR) is 177 cm³/mol. The molecule has 4 N–H and O–H groups in total. The van der Waals surface area contributed by atoms with Crippen LogP contribution in [0.15, 0.2) is 11.6 Å². The van der Waals surface area contributed by atoms with E-state index in [1.807, 2.05) is 6.92 Å². The minimum absolute atomic E-state index is 0.0267. The van der Waals surface area contributed by atoms with E-state index in [9.17, 15) is 25.2 Å². The maximum Gasteiger partial charge on any atom is 0.334 e. The number of aliphatic hydroxyl groups is 4. The first-order chi connectivity index (χ1) is 21.8. The number of cyclic esters (lactones) is 1. The quantitative estimate of drug-likeness (QED) is 0.0634. The lowest BCUT2D eigenvalue weighted by molar-refractivity contribution is -0.139. The van der Waals surface area contributed by atoms with Crippen LogP contribution in [0.5, 0.6) is 0 Å². The van der Waals surface area contributed by atoms with E-state index in [0.717, 1.165) is 83.5 Å². The first kappa shape index (κ1) is 38.4. The lowest BCUT2D eigenvalue weighted by Crippen LogP contribution is -2.33. The fourth-order valence-electron chi connectivity index (χ4n) is 7.27. The summed E-state index contributed by atoms with van der Waals surface area (Å²) in [5.74, 6) is -0.315. The number of aliphatic hydroxyl groups excluding tert-OH is 4. The van der Waals surface area contributed by atoms with Crippen molar-refractivity contribution in [3.8, 4) is 0 Å². The summed E-state index contributed by atoms with van der Waals surface area (Å²) in [6.07, 6.45) is 21.8. The van der Waals surface area contributed by atoms with Crippen molar-refractivity contribution in [3.63, 3.8) is 0 Å². The molecule has 8 nitrogen and oxygen atoms in total. The van der Waals surface area contributed by atoms with Crippen LogP contribution in [0.2, 0.25) is 0 Å². The van der Waals surface area contributed by atoms with Gasteiger partial charge in [-0.25, -0.2) is 4.79 Å². The minimum atomic E-state index is -0.828. The van der Waals surface area contributed by atoms with E-state index >= 15 is 0 Å². The van der Waals surface area contributed by atoms with Crippen LogP contribution >= 0.6 is 0 Å². The minimum Gasteiger partial charge on any atom is -0.455 e. The molecule has 0 aromatic carbocycles. The summed E-state index contributed by atoms with van der Waals surface area (Å²) < 4.78 is 17.6. The maximum atomic E-state index is 11.7. The van der Waals surface area contributed by atoms with Gasteiger partial charge in [0.05, 0.1) is 48.8 Å². The fraction of sp³-hybridized carbons (Fsp3) is 0.919. The summed E-state index contributed by atoms with van der Waals surface area (Å²) in [6.45, 7) is 4.06. The van der Waals surface area contributed by atoms with Crippen LogP contribution in [0.4, 0.5) is 0 Å². The highest BCUT2D eigenvalue weighted by molar-refractivity contribution is 5.90. The number of carbonyl (C=O) groups excluding carboxylic acids is 1. The van der Waals surface area contributed by atoms with Crippen molar-refractivity contribution in [1.82, 2.24) is 0 Å². The third kappa shape index (κ3) is 14.3. The highest BCUT2D eigenvalue weighted by Gasteiger charge is 2.40. The van der Waals surface area contributed by atoms with E-state index in [1.165, 1.54) is 44.9 Å². The molecule has 0 aromatic heterocycles. The number of hydrogen-bond acceptors (Lipinski definition) is 8. The van der Waals surface area contributed by atoms with Gasteiger partial charge in [-0.1, -0.05) is 96.8 Å². The van der Waals surface area contributed by atoms with Gasteiger partial charge >= 0.3 is 5.97 Å². The number of unbranched alkanes of at least 4 members (excludes halogenated alkanes) is 12. The Bertz CT molecular complexity index is 833. The zero-order valence-corrected chi connectivity index (χ0v) is 28.5. The average Bonchev–Trinajstić information content (AvgIpc) is 3.78. The summed E-state index contributed by atoms with van der Waals surface area (Å²) in [5, 5.41) is 42.0. The number of ether oxygens (including phenoxy) is 3. The fourth-order valence-corrected chi connectivity index (χ4v) is 7.27. The zero-order chi connectivity index (χ0) is 32.4. The molecule has 0 saturated carbocycles. The van der Waals surface area contributed by atoms with Crippen LogP contribution in [0, 0.1) is 0 Å². The lowest BCUT2D eigenvalue weighted by atomic mass is 9.98. The second kappa shape index (κ2) is 21.8. The molecule has 3 unspecified atom stereocenters. The molecule has 0 bridgehead atoms. The van der Waals surface area contributed by atoms with Crippen LogP contribution in [-0.4, -0.2) is 81.3 Å². The topological polar surface area (TPSA) is 126 Å². The molecule has 8 heteroatoms. The van der Waals surface area contributed by atoms with Gasteiger partial charge in [0.15, 0.2) is 0 Å². The Kier molecular flexibility index (Phi) is 18.6. The highest BCUT2D eigenvalue weighted by atomic mass is 16.6. The molecule has 3 rings (SSSR count). The Morgan fingerprint density at radius 2 is 1.09 bits per heavy atom. The van der Waals surface area contributed by atoms with Crippen molar-refractivity contribution in [1.29, 1.82) is 0 Å². The third-order valence-corrected chi connectivity index (χ3v) is 10.2. The van der Waals surface area contributed by atoms with Crippen LogP contribution in [0.25, 0.3) is 0 Å². The van der Waals surface area contributed by atoms with Crippen molar-refractivity contribution in [2.24, 2.45) is 0 Å². The Morgan fingerprint density at radius 1 is 0.644 bits per heavy atom. The zero-order valence-electron chi connectivity index (χ0n) is 28.5. The summed E-state index contributed by atoms with van der Waals surface area (Å²) >= 11 is 0. The van der Waals surface area contributed by atoms with Crippen molar-refractivity contribution in [2.45, 2.75) is 216 Å². The second-order valence-corrected chi connectivity index (χ2v) is 14.2. The first-order valence-electron chi connectivity index (χ1n) is 18.7. The van der Waals surface area contributed by atoms with E-state index in [1.54, 1.807) is 6.08 Å². The summed E-state index contributed by atoms with van der Waals surface area (Å²) in [6, 6.07) is 0. The van der Waals surface area contributed by atoms with Crippen LogP contribution < -0.4 is 0 Å². The van der Waals surface area contributed by atoms with E-state index in [2.05, 4.69) is 6.92 Å². The third-order valence-electron chi connectivity index (χ3n) is 10.2. The molecule has 0 spiro atoms. The van der Waals surface area contributed by atoms with Gasteiger partial charge < -0.3 is 34.6 Å². The lowest BCUT2D eigenvalue weighted by Gasteiger charge is -2.24. The molecule has 45 heavy (non-hydrogen) atoms. The van der Waals surface area contributed by atoms with E-state index in [-0.39, 0.29) is 42.6 Å². The van der Waals surface area contributed by atoms with Crippen molar-refractivity contribution in [2.75, 3.05) is 0 Å². The molecule has 3 heterocycles.